The zero-order chi connectivity index (χ0) is 12.1. The molecule has 0 aliphatic heterocycles. The van der Waals surface area contributed by atoms with Gasteiger partial charge in [0.15, 0.2) is 0 Å². The molecule has 84 valence electrons. The van der Waals surface area contributed by atoms with Crippen LogP contribution in [0.5, 0.6) is 0 Å². The second kappa shape index (κ2) is 5.34. The summed E-state index contributed by atoms with van der Waals surface area (Å²) in [5, 5.41) is 2.64. The van der Waals surface area contributed by atoms with Gasteiger partial charge in [0.2, 0.25) is 5.91 Å². The maximum absolute atomic E-state index is 11.1. The van der Waals surface area contributed by atoms with E-state index in [1.54, 1.807) is 20.8 Å². The number of hydrogen-bond donors (Lipinski definition) is 1. The van der Waals surface area contributed by atoms with Crippen molar-refractivity contribution in [3.8, 4) is 0 Å². The monoisotopic (exact) mass is 211 g/mol. The first-order valence-corrected chi connectivity index (χ1v) is 4.56. The quantitative estimate of drug-likeness (QED) is 0.549. The molecular weight excluding hydrogens is 194 g/mol. The fourth-order valence-corrected chi connectivity index (χ4v) is 0.790. The van der Waals surface area contributed by atoms with Crippen molar-refractivity contribution in [1.82, 2.24) is 5.32 Å². The van der Waals surface area contributed by atoms with Crippen molar-refractivity contribution in [2.45, 2.75) is 26.3 Å². The van der Waals surface area contributed by atoms with Crippen LogP contribution in [0.25, 0.3) is 0 Å². The van der Waals surface area contributed by atoms with Crippen LogP contribution in [0, 0.1) is 0 Å². The minimum Gasteiger partial charge on any atom is -0.460 e. The van der Waals surface area contributed by atoms with Crippen LogP contribution in [0.4, 0.5) is 0 Å². The van der Waals surface area contributed by atoms with Gasteiger partial charge in [-0.3, -0.25) is 4.79 Å². The lowest BCUT2D eigenvalue weighted by atomic mass is 10.1. The summed E-state index contributed by atoms with van der Waals surface area (Å²) >= 11 is 0. The Balaban J connectivity index is 4.15. The summed E-state index contributed by atoms with van der Waals surface area (Å²) in [6.45, 7) is 12.0. The standard InChI is InChI=1S/C11H17NO3/c1-6-9(13)12-11(4,5)7-15-10(14)8(2)3/h6H,1-2,7H2,3-5H3,(H,12,13). The van der Waals surface area contributed by atoms with Crippen LogP contribution < -0.4 is 5.32 Å². The summed E-state index contributed by atoms with van der Waals surface area (Å²) in [4.78, 5) is 22.1. The Morgan fingerprint density at radius 1 is 1.47 bits per heavy atom. The molecule has 0 aromatic rings. The Labute approximate surface area is 90.0 Å². The smallest absolute Gasteiger partial charge is 0.333 e. The van der Waals surface area contributed by atoms with E-state index in [-0.39, 0.29) is 12.5 Å². The molecule has 0 radical (unpaired) electrons. The average molecular weight is 211 g/mol. The highest BCUT2D eigenvalue weighted by atomic mass is 16.5. The molecule has 0 heterocycles. The van der Waals surface area contributed by atoms with Crippen molar-refractivity contribution in [3.05, 3.63) is 24.8 Å². The van der Waals surface area contributed by atoms with Crippen molar-refractivity contribution in [2.75, 3.05) is 6.61 Å². The molecule has 0 aromatic heterocycles. The predicted octanol–water partition coefficient (Wildman–Crippen LogP) is 1.19. The topological polar surface area (TPSA) is 55.4 Å². The van der Waals surface area contributed by atoms with E-state index in [9.17, 15) is 9.59 Å². The van der Waals surface area contributed by atoms with Crippen molar-refractivity contribution < 1.29 is 14.3 Å². The first-order valence-electron chi connectivity index (χ1n) is 4.56. The van der Waals surface area contributed by atoms with Crippen molar-refractivity contribution in [3.63, 3.8) is 0 Å². The van der Waals surface area contributed by atoms with Crippen LogP contribution in [0.2, 0.25) is 0 Å². The van der Waals surface area contributed by atoms with Gasteiger partial charge in [-0.1, -0.05) is 13.2 Å². The van der Waals surface area contributed by atoms with Gasteiger partial charge in [-0.15, -0.1) is 0 Å². The summed E-state index contributed by atoms with van der Waals surface area (Å²) in [6.07, 6.45) is 1.17. The summed E-state index contributed by atoms with van der Waals surface area (Å²) in [6, 6.07) is 0. The number of carbonyl (C=O) groups is 2. The van der Waals surface area contributed by atoms with Crippen molar-refractivity contribution >= 4 is 11.9 Å². The van der Waals surface area contributed by atoms with Gasteiger partial charge in [-0.25, -0.2) is 4.79 Å². The van der Waals surface area contributed by atoms with Gasteiger partial charge < -0.3 is 10.1 Å². The van der Waals surface area contributed by atoms with Gasteiger partial charge in [0, 0.05) is 5.57 Å². The predicted molar refractivity (Wildman–Crippen MR) is 58.2 cm³/mol. The van der Waals surface area contributed by atoms with Crippen LogP contribution >= 0.6 is 0 Å². The Kier molecular flexibility index (Phi) is 4.78. The molecule has 1 amide bonds. The number of esters is 1. The molecule has 4 nitrogen and oxygen atoms in total. The molecule has 0 fully saturated rings. The maximum atomic E-state index is 11.1. The lowest BCUT2D eigenvalue weighted by molar-refractivity contribution is -0.141. The summed E-state index contributed by atoms with van der Waals surface area (Å²) in [5.41, 5.74) is -0.281. The minimum atomic E-state index is -0.615. The number of nitrogens with one attached hydrogen (secondary N) is 1. The molecule has 0 saturated carbocycles. The molecule has 0 atom stereocenters. The Morgan fingerprint density at radius 2 is 2.00 bits per heavy atom. The first-order chi connectivity index (χ1) is 6.78. The first kappa shape index (κ1) is 13.4. The number of ether oxygens (including phenoxy) is 1. The Morgan fingerprint density at radius 3 is 2.40 bits per heavy atom. The zero-order valence-electron chi connectivity index (χ0n) is 9.42. The summed E-state index contributed by atoms with van der Waals surface area (Å²) in [7, 11) is 0. The fourth-order valence-electron chi connectivity index (χ4n) is 0.790. The van der Waals surface area contributed by atoms with Crippen LogP contribution in [0.1, 0.15) is 20.8 Å². The van der Waals surface area contributed by atoms with E-state index in [1.165, 1.54) is 6.08 Å². The Bertz CT molecular complexity index is 292. The van der Waals surface area contributed by atoms with Crippen molar-refractivity contribution in [1.29, 1.82) is 0 Å². The van der Waals surface area contributed by atoms with E-state index in [0.29, 0.717) is 5.57 Å². The van der Waals surface area contributed by atoms with E-state index in [1.807, 2.05) is 0 Å². The molecule has 0 saturated heterocycles. The highest BCUT2D eigenvalue weighted by Gasteiger charge is 2.21. The van der Waals surface area contributed by atoms with E-state index < -0.39 is 11.5 Å². The lowest BCUT2D eigenvalue weighted by Crippen LogP contribution is -2.46. The van der Waals surface area contributed by atoms with Gasteiger partial charge in [0.05, 0.1) is 5.54 Å². The molecular formula is C11H17NO3. The molecule has 0 spiro atoms. The Hall–Kier alpha value is -1.58. The number of carbonyl (C=O) groups excluding carboxylic acids is 2. The van der Waals surface area contributed by atoms with Crippen LogP contribution in [0.3, 0.4) is 0 Å². The highest BCUT2D eigenvalue weighted by Crippen LogP contribution is 2.04. The molecule has 0 aliphatic carbocycles. The van der Waals surface area contributed by atoms with Gasteiger partial charge in [-0.05, 0) is 26.8 Å². The fraction of sp³-hybridized carbons (Fsp3) is 0.455. The van der Waals surface area contributed by atoms with Gasteiger partial charge in [0.1, 0.15) is 6.61 Å². The van der Waals surface area contributed by atoms with E-state index in [0.717, 1.165) is 0 Å². The van der Waals surface area contributed by atoms with Crippen LogP contribution in [-0.2, 0) is 14.3 Å². The molecule has 4 heteroatoms. The third-order valence-corrected chi connectivity index (χ3v) is 1.56. The van der Waals surface area contributed by atoms with Crippen LogP contribution in [0.15, 0.2) is 24.8 Å². The second-order valence-corrected chi connectivity index (χ2v) is 3.93. The SMILES string of the molecule is C=CC(=O)NC(C)(C)COC(=O)C(=C)C. The molecule has 0 bridgehead atoms. The normalized spacial score (nSPS) is 10.3. The largest absolute Gasteiger partial charge is 0.460 e. The molecule has 0 aliphatic rings. The third-order valence-electron chi connectivity index (χ3n) is 1.56. The maximum Gasteiger partial charge on any atom is 0.333 e. The highest BCUT2D eigenvalue weighted by molar-refractivity contribution is 5.88. The number of rotatable bonds is 5. The van der Waals surface area contributed by atoms with Gasteiger partial charge in [-0.2, -0.15) is 0 Å². The molecule has 1 N–H and O–H groups in total. The van der Waals surface area contributed by atoms with Crippen LogP contribution in [-0.4, -0.2) is 24.0 Å². The average Bonchev–Trinajstić information content (AvgIpc) is 2.13. The second-order valence-electron chi connectivity index (χ2n) is 3.93. The summed E-state index contributed by atoms with van der Waals surface area (Å²) < 4.78 is 4.93. The van der Waals surface area contributed by atoms with E-state index in [2.05, 4.69) is 18.5 Å². The van der Waals surface area contributed by atoms with E-state index >= 15 is 0 Å². The third kappa shape index (κ3) is 5.67. The zero-order valence-corrected chi connectivity index (χ0v) is 9.42. The number of amides is 1. The van der Waals surface area contributed by atoms with Gasteiger partial charge in [0.25, 0.3) is 0 Å². The van der Waals surface area contributed by atoms with Crippen molar-refractivity contribution in [2.24, 2.45) is 0 Å². The summed E-state index contributed by atoms with van der Waals surface area (Å²) in [5.74, 6) is -0.762. The van der Waals surface area contributed by atoms with Gasteiger partial charge >= 0.3 is 5.97 Å². The number of hydrogen-bond acceptors (Lipinski definition) is 3. The lowest BCUT2D eigenvalue weighted by Gasteiger charge is -2.24. The minimum absolute atomic E-state index is 0.0955. The molecule has 0 aromatic carbocycles. The molecule has 15 heavy (non-hydrogen) atoms. The van der Waals surface area contributed by atoms with E-state index in [4.69, 9.17) is 4.74 Å². The molecule has 0 unspecified atom stereocenters. The molecule has 0 rings (SSSR count).